The zero-order chi connectivity index (χ0) is 37.5. The van der Waals surface area contributed by atoms with E-state index in [4.69, 9.17) is 4.74 Å². The van der Waals surface area contributed by atoms with Gasteiger partial charge in [0.2, 0.25) is 0 Å². The minimum Gasteiger partial charge on any atom is -0.455 e. The van der Waals surface area contributed by atoms with Crippen molar-refractivity contribution in [1.82, 2.24) is 0 Å². The molecular formula is C55H35NO. The van der Waals surface area contributed by atoms with Gasteiger partial charge in [0, 0.05) is 39.0 Å². The fourth-order valence-corrected chi connectivity index (χ4v) is 9.84. The number of rotatable bonds is 4. The zero-order valence-electron chi connectivity index (χ0n) is 31.1. The van der Waals surface area contributed by atoms with E-state index in [0.29, 0.717) is 0 Å². The molecule has 10 aromatic carbocycles. The highest BCUT2D eigenvalue weighted by molar-refractivity contribution is 6.03. The summed E-state index contributed by atoms with van der Waals surface area (Å²) >= 11 is 0. The van der Waals surface area contributed by atoms with Crippen LogP contribution in [0.2, 0.25) is 0 Å². The van der Waals surface area contributed by atoms with Crippen LogP contribution in [0.3, 0.4) is 0 Å². The van der Waals surface area contributed by atoms with Gasteiger partial charge in [-0.15, -0.1) is 0 Å². The standard InChI is InChI=1S/C55H35NO/c1-3-17-40(18-4-1)56(41-19-5-2-6-20-41)42-29-30-44-38(34-42)16-13-24-43(44)39-28-31-50-48(35-39)47-23-11-12-25-49(47)55(50)51-32-26-36-14-7-9-21-45(36)53(51)57-54-46-22-10-8-15-37(46)27-33-52(54)55/h1-35H. The molecule has 10 aromatic rings. The topological polar surface area (TPSA) is 12.5 Å². The Balaban J connectivity index is 1.07. The Labute approximate surface area is 331 Å². The molecule has 12 rings (SSSR count). The molecule has 0 saturated carbocycles. The first-order valence-electron chi connectivity index (χ1n) is 19.7. The summed E-state index contributed by atoms with van der Waals surface area (Å²) in [6.07, 6.45) is 0. The lowest BCUT2D eigenvalue weighted by Crippen LogP contribution is -2.32. The molecule has 0 saturated heterocycles. The highest BCUT2D eigenvalue weighted by atomic mass is 16.5. The van der Waals surface area contributed by atoms with E-state index in [9.17, 15) is 0 Å². The van der Waals surface area contributed by atoms with Gasteiger partial charge >= 0.3 is 0 Å². The molecule has 0 N–H and O–H groups in total. The molecule has 1 aliphatic heterocycles. The first kappa shape index (κ1) is 31.9. The fourth-order valence-electron chi connectivity index (χ4n) is 9.84. The molecule has 1 aliphatic carbocycles. The summed E-state index contributed by atoms with van der Waals surface area (Å²) in [5.74, 6) is 1.88. The van der Waals surface area contributed by atoms with E-state index in [0.717, 1.165) is 39.3 Å². The predicted octanol–water partition coefficient (Wildman–Crippen LogP) is 14.8. The van der Waals surface area contributed by atoms with Crippen molar-refractivity contribution in [3.8, 4) is 33.8 Å². The van der Waals surface area contributed by atoms with Gasteiger partial charge in [-0.25, -0.2) is 0 Å². The number of hydrogen-bond donors (Lipinski definition) is 0. The molecule has 0 radical (unpaired) electrons. The maximum absolute atomic E-state index is 7.14. The Morgan fingerprint density at radius 1 is 0.316 bits per heavy atom. The molecule has 2 nitrogen and oxygen atoms in total. The maximum Gasteiger partial charge on any atom is 0.140 e. The second-order valence-corrected chi connectivity index (χ2v) is 15.2. The Bertz CT molecular complexity index is 3100. The SMILES string of the molecule is c1ccc(N(c2ccccc2)c2ccc3c(-c4ccc5c(c4)-c4ccccc4C54c5ccc6ccccc6c5Oc5c4ccc4ccccc54)cccc3c2)cc1. The summed E-state index contributed by atoms with van der Waals surface area (Å²) in [7, 11) is 0. The third kappa shape index (κ3) is 4.59. The highest BCUT2D eigenvalue weighted by Crippen LogP contribution is 2.64. The van der Waals surface area contributed by atoms with Gasteiger partial charge in [-0.1, -0.05) is 170 Å². The third-order valence-corrected chi connectivity index (χ3v) is 12.3. The number of ether oxygens (including phenoxy) is 1. The molecule has 0 amide bonds. The monoisotopic (exact) mass is 725 g/mol. The third-order valence-electron chi connectivity index (χ3n) is 12.3. The van der Waals surface area contributed by atoms with E-state index in [1.165, 1.54) is 66.1 Å². The van der Waals surface area contributed by atoms with Crippen LogP contribution >= 0.6 is 0 Å². The minimum absolute atomic E-state index is 0.562. The van der Waals surface area contributed by atoms with Crippen molar-refractivity contribution in [2.24, 2.45) is 0 Å². The Morgan fingerprint density at radius 2 is 0.860 bits per heavy atom. The Morgan fingerprint density at radius 3 is 1.54 bits per heavy atom. The number of nitrogens with zero attached hydrogens (tertiary/aromatic N) is 1. The van der Waals surface area contributed by atoms with E-state index in [2.05, 4.69) is 217 Å². The molecular weight excluding hydrogens is 691 g/mol. The summed E-state index contributed by atoms with van der Waals surface area (Å²) in [5.41, 5.74) is 12.7. The van der Waals surface area contributed by atoms with E-state index in [1.54, 1.807) is 0 Å². The van der Waals surface area contributed by atoms with Crippen molar-refractivity contribution in [1.29, 1.82) is 0 Å². The van der Waals surface area contributed by atoms with Crippen LogP contribution in [0.25, 0.3) is 54.6 Å². The first-order valence-corrected chi connectivity index (χ1v) is 19.7. The van der Waals surface area contributed by atoms with Gasteiger partial charge in [-0.3, -0.25) is 0 Å². The lowest BCUT2D eigenvalue weighted by molar-refractivity contribution is 0.447. The van der Waals surface area contributed by atoms with E-state index >= 15 is 0 Å². The van der Waals surface area contributed by atoms with E-state index in [1.807, 2.05) is 0 Å². The van der Waals surface area contributed by atoms with Gasteiger partial charge in [-0.05, 0) is 97.4 Å². The van der Waals surface area contributed by atoms with Crippen LogP contribution in [0.4, 0.5) is 17.1 Å². The van der Waals surface area contributed by atoms with Crippen LogP contribution < -0.4 is 9.64 Å². The largest absolute Gasteiger partial charge is 0.455 e. The molecule has 57 heavy (non-hydrogen) atoms. The summed E-state index contributed by atoms with van der Waals surface area (Å²) in [5, 5.41) is 7.03. The van der Waals surface area contributed by atoms with E-state index in [-0.39, 0.29) is 0 Å². The number of para-hydroxylation sites is 2. The molecule has 0 atom stereocenters. The molecule has 0 fully saturated rings. The smallest absolute Gasteiger partial charge is 0.140 e. The van der Waals surface area contributed by atoms with Gasteiger partial charge < -0.3 is 9.64 Å². The van der Waals surface area contributed by atoms with Crippen molar-refractivity contribution in [2.45, 2.75) is 5.41 Å². The van der Waals surface area contributed by atoms with Crippen molar-refractivity contribution in [2.75, 3.05) is 4.90 Å². The number of anilines is 3. The number of benzene rings is 10. The summed E-state index contributed by atoms with van der Waals surface area (Å²) in [6.45, 7) is 0. The van der Waals surface area contributed by atoms with Gasteiger partial charge in [-0.2, -0.15) is 0 Å². The zero-order valence-corrected chi connectivity index (χ0v) is 31.1. The van der Waals surface area contributed by atoms with Crippen LogP contribution in [-0.2, 0) is 5.41 Å². The van der Waals surface area contributed by atoms with E-state index < -0.39 is 5.41 Å². The summed E-state index contributed by atoms with van der Waals surface area (Å²) < 4.78 is 7.14. The maximum atomic E-state index is 7.14. The van der Waals surface area contributed by atoms with Crippen molar-refractivity contribution >= 4 is 49.4 Å². The van der Waals surface area contributed by atoms with Crippen LogP contribution in [0, 0.1) is 0 Å². The van der Waals surface area contributed by atoms with Crippen molar-refractivity contribution in [3.63, 3.8) is 0 Å². The Kier molecular flexibility index (Phi) is 6.88. The summed E-state index contributed by atoms with van der Waals surface area (Å²) in [6, 6.07) is 77.3. The average molecular weight is 726 g/mol. The molecule has 2 heteroatoms. The lowest BCUT2D eigenvalue weighted by Gasteiger charge is -2.40. The molecule has 2 aliphatic rings. The number of hydrogen-bond acceptors (Lipinski definition) is 2. The molecule has 1 heterocycles. The quantitative estimate of drug-likeness (QED) is 0.179. The molecule has 0 bridgehead atoms. The second-order valence-electron chi connectivity index (χ2n) is 15.2. The van der Waals surface area contributed by atoms with Gasteiger partial charge in [0.15, 0.2) is 0 Å². The van der Waals surface area contributed by atoms with Crippen LogP contribution in [-0.4, -0.2) is 0 Å². The first-order chi connectivity index (χ1) is 28.3. The molecule has 266 valence electrons. The number of fused-ring (bicyclic) bond motifs is 14. The van der Waals surface area contributed by atoms with Crippen molar-refractivity contribution in [3.05, 3.63) is 235 Å². The lowest BCUT2D eigenvalue weighted by atomic mass is 9.65. The van der Waals surface area contributed by atoms with Gasteiger partial charge in [0.05, 0.1) is 5.41 Å². The highest BCUT2D eigenvalue weighted by Gasteiger charge is 2.51. The predicted molar refractivity (Wildman–Crippen MR) is 236 cm³/mol. The van der Waals surface area contributed by atoms with Gasteiger partial charge in [0.25, 0.3) is 0 Å². The molecule has 0 unspecified atom stereocenters. The van der Waals surface area contributed by atoms with Crippen LogP contribution in [0.15, 0.2) is 212 Å². The normalized spacial score (nSPS) is 13.2. The Hall–Kier alpha value is -7.42. The van der Waals surface area contributed by atoms with Gasteiger partial charge in [0.1, 0.15) is 11.5 Å². The van der Waals surface area contributed by atoms with Crippen LogP contribution in [0.5, 0.6) is 11.5 Å². The summed E-state index contributed by atoms with van der Waals surface area (Å²) in [4.78, 5) is 2.33. The molecule has 1 spiro atoms. The van der Waals surface area contributed by atoms with Crippen molar-refractivity contribution < 1.29 is 4.74 Å². The average Bonchev–Trinajstić information content (AvgIpc) is 3.56. The molecule has 0 aromatic heterocycles. The van der Waals surface area contributed by atoms with Crippen LogP contribution in [0.1, 0.15) is 22.3 Å². The minimum atomic E-state index is -0.562. The fraction of sp³-hybridized carbons (Fsp3) is 0.0182. The second kappa shape index (κ2) is 12.3.